The molecule has 0 atom stereocenters. The maximum absolute atomic E-state index is 5.86. The molecule has 13 heavy (non-hydrogen) atoms. The molecule has 0 aliphatic rings. The van der Waals surface area contributed by atoms with Gasteiger partial charge in [-0.05, 0) is 41.6 Å². The van der Waals surface area contributed by atoms with Crippen molar-refractivity contribution in [2.45, 2.75) is 6.92 Å². The van der Waals surface area contributed by atoms with E-state index >= 15 is 0 Å². The molecule has 3 nitrogen and oxygen atoms in total. The Morgan fingerprint density at radius 2 is 2.23 bits per heavy atom. The van der Waals surface area contributed by atoms with Crippen LogP contribution in [-0.2, 0) is 0 Å². The third kappa shape index (κ3) is 2.40. The molecular formula is C9H13IN2O. The van der Waals surface area contributed by atoms with E-state index in [0.29, 0.717) is 12.3 Å². The van der Waals surface area contributed by atoms with Gasteiger partial charge in [0.05, 0.1) is 18.0 Å². The Balaban J connectivity index is 3.11. The molecule has 0 saturated heterocycles. The summed E-state index contributed by atoms with van der Waals surface area (Å²) < 4.78 is 6.50. The highest BCUT2D eigenvalue weighted by atomic mass is 127. The summed E-state index contributed by atoms with van der Waals surface area (Å²) in [5, 5.41) is 3.03. The molecule has 1 rings (SSSR count). The Hall–Kier alpha value is -0.650. The van der Waals surface area contributed by atoms with Crippen LogP contribution in [0.4, 0.5) is 11.4 Å². The van der Waals surface area contributed by atoms with E-state index in [2.05, 4.69) is 27.9 Å². The molecule has 0 saturated carbocycles. The number of nitrogen functional groups attached to an aromatic ring is 1. The highest BCUT2D eigenvalue weighted by Gasteiger charge is 2.06. The van der Waals surface area contributed by atoms with Crippen LogP contribution in [0.5, 0.6) is 5.75 Å². The first-order valence-electron chi connectivity index (χ1n) is 4.08. The lowest BCUT2D eigenvalue weighted by Crippen LogP contribution is -2.01. The molecule has 0 aliphatic heterocycles. The monoisotopic (exact) mass is 292 g/mol. The Morgan fingerprint density at radius 3 is 2.77 bits per heavy atom. The van der Waals surface area contributed by atoms with Crippen LogP contribution in [0.25, 0.3) is 0 Å². The molecule has 0 unspecified atom stereocenters. The van der Waals surface area contributed by atoms with Crippen LogP contribution < -0.4 is 15.8 Å². The van der Waals surface area contributed by atoms with Crippen molar-refractivity contribution >= 4 is 34.0 Å². The average Bonchev–Trinajstić information content (AvgIpc) is 2.11. The van der Waals surface area contributed by atoms with Gasteiger partial charge in [-0.2, -0.15) is 0 Å². The minimum absolute atomic E-state index is 0.632. The first-order chi connectivity index (χ1) is 6.19. The van der Waals surface area contributed by atoms with Gasteiger partial charge < -0.3 is 15.8 Å². The number of anilines is 2. The summed E-state index contributed by atoms with van der Waals surface area (Å²) in [6.07, 6.45) is 0. The number of hydrogen-bond donors (Lipinski definition) is 2. The molecule has 0 amide bonds. The molecule has 0 radical (unpaired) electrons. The lowest BCUT2D eigenvalue weighted by molar-refractivity contribution is 0.342. The molecule has 0 spiro atoms. The van der Waals surface area contributed by atoms with Gasteiger partial charge in [-0.3, -0.25) is 0 Å². The minimum atomic E-state index is 0.632. The number of ether oxygens (including phenoxy) is 1. The van der Waals surface area contributed by atoms with Gasteiger partial charge in [-0.25, -0.2) is 0 Å². The largest absolute Gasteiger partial charge is 0.492 e. The quantitative estimate of drug-likeness (QED) is 0.664. The second-order valence-electron chi connectivity index (χ2n) is 2.55. The van der Waals surface area contributed by atoms with Crippen LogP contribution in [0.1, 0.15) is 6.92 Å². The van der Waals surface area contributed by atoms with Gasteiger partial charge in [0.25, 0.3) is 0 Å². The molecule has 3 N–H and O–H groups in total. The Bertz CT molecular complexity index is 302. The molecule has 72 valence electrons. The second-order valence-corrected chi connectivity index (χ2v) is 3.79. The molecule has 0 aromatic heterocycles. The number of rotatable bonds is 3. The highest BCUT2D eigenvalue weighted by Crippen LogP contribution is 2.31. The van der Waals surface area contributed by atoms with Gasteiger partial charge in [0, 0.05) is 10.6 Å². The van der Waals surface area contributed by atoms with Crippen molar-refractivity contribution in [3.63, 3.8) is 0 Å². The van der Waals surface area contributed by atoms with Crippen molar-refractivity contribution in [2.24, 2.45) is 0 Å². The maximum Gasteiger partial charge on any atom is 0.145 e. The van der Waals surface area contributed by atoms with E-state index in [1.807, 2.05) is 26.1 Å². The Labute approximate surface area is 91.8 Å². The molecule has 0 bridgehead atoms. The first kappa shape index (κ1) is 10.4. The molecule has 0 heterocycles. The van der Waals surface area contributed by atoms with Gasteiger partial charge in [0.1, 0.15) is 5.75 Å². The Morgan fingerprint density at radius 1 is 1.54 bits per heavy atom. The van der Waals surface area contributed by atoms with Gasteiger partial charge in [0.15, 0.2) is 0 Å². The van der Waals surface area contributed by atoms with E-state index in [1.165, 1.54) is 0 Å². The zero-order valence-corrected chi connectivity index (χ0v) is 9.88. The Kier molecular flexibility index (Phi) is 3.65. The predicted molar refractivity (Wildman–Crippen MR) is 64.3 cm³/mol. The molecule has 0 aliphatic carbocycles. The number of nitrogens with one attached hydrogen (secondary N) is 1. The summed E-state index contributed by atoms with van der Waals surface area (Å²) in [7, 11) is 1.84. The second kappa shape index (κ2) is 4.55. The van der Waals surface area contributed by atoms with Crippen molar-refractivity contribution < 1.29 is 4.74 Å². The van der Waals surface area contributed by atoms with E-state index < -0.39 is 0 Å². The van der Waals surface area contributed by atoms with E-state index in [9.17, 15) is 0 Å². The van der Waals surface area contributed by atoms with Crippen molar-refractivity contribution in [3.05, 3.63) is 15.7 Å². The van der Waals surface area contributed by atoms with E-state index in [4.69, 9.17) is 10.5 Å². The molecule has 4 heteroatoms. The molecule has 1 aromatic carbocycles. The van der Waals surface area contributed by atoms with Gasteiger partial charge in [-0.15, -0.1) is 0 Å². The first-order valence-corrected chi connectivity index (χ1v) is 5.16. The van der Waals surface area contributed by atoms with Crippen LogP contribution >= 0.6 is 22.6 Å². The summed E-state index contributed by atoms with van der Waals surface area (Å²) in [5.74, 6) is 0.749. The fourth-order valence-electron chi connectivity index (χ4n) is 1.07. The van der Waals surface area contributed by atoms with E-state index in [0.717, 1.165) is 15.0 Å². The van der Waals surface area contributed by atoms with Gasteiger partial charge >= 0.3 is 0 Å². The lowest BCUT2D eigenvalue weighted by Gasteiger charge is -2.11. The summed E-state index contributed by atoms with van der Waals surface area (Å²) in [4.78, 5) is 0. The van der Waals surface area contributed by atoms with Crippen LogP contribution in [0.15, 0.2) is 12.1 Å². The van der Waals surface area contributed by atoms with Crippen molar-refractivity contribution in [2.75, 3.05) is 24.7 Å². The molecule has 1 aromatic rings. The van der Waals surface area contributed by atoms with Crippen LogP contribution in [0.3, 0.4) is 0 Å². The SMILES string of the molecule is CCOc1cc(I)cc(NC)c1N. The fraction of sp³-hybridized carbons (Fsp3) is 0.333. The normalized spacial score (nSPS) is 9.77. The molecular weight excluding hydrogens is 279 g/mol. The van der Waals surface area contributed by atoms with Gasteiger partial charge in [-0.1, -0.05) is 0 Å². The standard InChI is InChI=1S/C9H13IN2O/c1-3-13-8-5-6(10)4-7(12-2)9(8)11/h4-5,12H,3,11H2,1-2H3. The lowest BCUT2D eigenvalue weighted by atomic mass is 10.2. The van der Waals surface area contributed by atoms with E-state index in [1.54, 1.807) is 0 Å². The smallest absolute Gasteiger partial charge is 0.145 e. The zero-order chi connectivity index (χ0) is 9.84. The van der Waals surface area contributed by atoms with Crippen LogP contribution in [0.2, 0.25) is 0 Å². The third-order valence-electron chi connectivity index (χ3n) is 1.68. The number of nitrogens with two attached hydrogens (primary N) is 1. The zero-order valence-electron chi connectivity index (χ0n) is 7.73. The number of hydrogen-bond acceptors (Lipinski definition) is 3. The minimum Gasteiger partial charge on any atom is -0.492 e. The maximum atomic E-state index is 5.86. The van der Waals surface area contributed by atoms with Gasteiger partial charge in [0.2, 0.25) is 0 Å². The highest BCUT2D eigenvalue weighted by molar-refractivity contribution is 14.1. The number of halogens is 1. The summed E-state index contributed by atoms with van der Waals surface area (Å²) in [6, 6.07) is 3.92. The van der Waals surface area contributed by atoms with E-state index in [-0.39, 0.29) is 0 Å². The predicted octanol–water partition coefficient (Wildman–Crippen LogP) is 2.31. The third-order valence-corrected chi connectivity index (χ3v) is 2.30. The van der Waals surface area contributed by atoms with Crippen molar-refractivity contribution in [1.29, 1.82) is 0 Å². The summed E-state index contributed by atoms with van der Waals surface area (Å²) in [5.41, 5.74) is 7.44. The van der Waals surface area contributed by atoms with Crippen LogP contribution in [-0.4, -0.2) is 13.7 Å². The average molecular weight is 292 g/mol. The topological polar surface area (TPSA) is 47.3 Å². The molecule has 0 fully saturated rings. The summed E-state index contributed by atoms with van der Waals surface area (Å²) in [6.45, 7) is 2.58. The summed E-state index contributed by atoms with van der Waals surface area (Å²) >= 11 is 2.24. The van der Waals surface area contributed by atoms with Crippen molar-refractivity contribution in [3.8, 4) is 5.75 Å². The fourth-order valence-corrected chi connectivity index (χ4v) is 1.67. The number of benzene rings is 1. The van der Waals surface area contributed by atoms with Crippen LogP contribution in [0, 0.1) is 3.57 Å². The van der Waals surface area contributed by atoms with Crippen molar-refractivity contribution in [1.82, 2.24) is 0 Å².